The van der Waals surface area contributed by atoms with E-state index in [9.17, 15) is 8.42 Å². The third-order valence-corrected chi connectivity index (χ3v) is 5.55. The van der Waals surface area contributed by atoms with Gasteiger partial charge in [0.1, 0.15) is 5.75 Å². The molecular formula is C17H20BrNO5S. The van der Waals surface area contributed by atoms with Gasteiger partial charge in [0.25, 0.3) is 0 Å². The molecule has 0 unspecified atom stereocenters. The van der Waals surface area contributed by atoms with E-state index in [-0.39, 0.29) is 11.4 Å². The van der Waals surface area contributed by atoms with Crippen LogP contribution in [0.5, 0.6) is 17.2 Å². The van der Waals surface area contributed by atoms with Gasteiger partial charge in [-0.1, -0.05) is 15.9 Å². The number of halogens is 1. The van der Waals surface area contributed by atoms with Crippen LogP contribution in [0.15, 0.2) is 45.8 Å². The van der Waals surface area contributed by atoms with Crippen molar-refractivity contribution in [2.45, 2.75) is 11.3 Å². The highest BCUT2D eigenvalue weighted by Gasteiger charge is 2.17. The van der Waals surface area contributed by atoms with Crippen molar-refractivity contribution in [1.82, 2.24) is 4.72 Å². The first kappa shape index (κ1) is 19.6. The molecule has 0 aliphatic heterocycles. The van der Waals surface area contributed by atoms with Crippen LogP contribution in [-0.2, 0) is 16.4 Å². The maximum atomic E-state index is 12.5. The highest BCUT2D eigenvalue weighted by atomic mass is 79.9. The van der Waals surface area contributed by atoms with Gasteiger partial charge in [-0.25, -0.2) is 13.1 Å². The Kier molecular flexibility index (Phi) is 6.69. The monoisotopic (exact) mass is 429 g/mol. The first-order valence-electron chi connectivity index (χ1n) is 7.45. The highest BCUT2D eigenvalue weighted by Crippen LogP contribution is 2.29. The van der Waals surface area contributed by atoms with Gasteiger partial charge in [0, 0.05) is 17.1 Å². The van der Waals surface area contributed by atoms with Crippen LogP contribution in [0, 0.1) is 0 Å². The molecule has 0 heterocycles. The van der Waals surface area contributed by atoms with E-state index in [1.54, 1.807) is 13.2 Å². The molecule has 0 spiro atoms. The second kappa shape index (κ2) is 8.55. The van der Waals surface area contributed by atoms with Crippen LogP contribution >= 0.6 is 15.9 Å². The average molecular weight is 430 g/mol. The van der Waals surface area contributed by atoms with Gasteiger partial charge in [-0.05, 0) is 42.3 Å². The van der Waals surface area contributed by atoms with Crippen molar-refractivity contribution in [3.05, 3.63) is 46.4 Å². The van der Waals surface area contributed by atoms with E-state index in [0.29, 0.717) is 23.7 Å². The molecule has 0 bridgehead atoms. The Morgan fingerprint density at radius 2 is 1.56 bits per heavy atom. The summed E-state index contributed by atoms with van der Waals surface area (Å²) in [5.74, 6) is 1.55. The Morgan fingerprint density at radius 3 is 2.20 bits per heavy atom. The third-order valence-electron chi connectivity index (χ3n) is 3.59. The lowest BCUT2D eigenvalue weighted by Crippen LogP contribution is -2.26. The Morgan fingerprint density at radius 1 is 0.920 bits per heavy atom. The number of ether oxygens (including phenoxy) is 3. The number of hydrogen-bond donors (Lipinski definition) is 1. The van der Waals surface area contributed by atoms with Gasteiger partial charge in [0.2, 0.25) is 10.0 Å². The number of rotatable bonds is 8. The van der Waals surface area contributed by atoms with Gasteiger partial charge in [-0.15, -0.1) is 0 Å². The van der Waals surface area contributed by atoms with Gasteiger partial charge in [0.05, 0.1) is 26.2 Å². The molecule has 0 aliphatic rings. The molecule has 2 aromatic rings. The molecule has 136 valence electrons. The summed E-state index contributed by atoms with van der Waals surface area (Å²) >= 11 is 3.40. The minimum atomic E-state index is -3.66. The van der Waals surface area contributed by atoms with Crippen LogP contribution in [0.3, 0.4) is 0 Å². The van der Waals surface area contributed by atoms with Crippen LogP contribution in [0.1, 0.15) is 5.56 Å². The summed E-state index contributed by atoms with van der Waals surface area (Å²) in [6.45, 7) is 0.240. The lowest BCUT2D eigenvalue weighted by Gasteiger charge is -2.12. The number of hydrogen-bond acceptors (Lipinski definition) is 5. The predicted molar refractivity (Wildman–Crippen MR) is 99.1 cm³/mol. The zero-order chi connectivity index (χ0) is 18.4. The van der Waals surface area contributed by atoms with E-state index in [1.807, 2.05) is 18.2 Å². The number of sulfonamides is 1. The largest absolute Gasteiger partial charge is 0.496 e. The summed E-state index contributed by atoms with van der Waals surface area (Å²) in [6.07, 6.45) is 0.495. The Balaban J connectivity index is 2.11. The van der Waals surface area contributed by atoms with Crippen molar-refractivity contribution in [3.63, 3.8) is 0 Å². The van der Waals surface area contributed by atoms with E-state index in [2.05, 4.69) is 20.7 Å². The highest BCUT2D eigenvalue weighted by molar-refractivity contribution is 9.10. The Hall–Kier alpha value is -1.77. The van der Waals surface area contributed by atoms with Gasteiger partial charge >= 0.3 is 0 Å². The van der Waals surface area contributed by atoms with Crippen LogP contribution in [0.4, 0.5) is 0 Å². The number of nitrogens with one attached hydrogen (secondary N) is 1. The maximum Gasteiger partial charge on any atom is 0.240 e. The topological polar surface area (TPSA) is 73.9 Å². The summed E-state index contributed by atoms with van der Waals surface area (Å²) in [6, 6.07) is 10.1. The van der Waals surface area contributed by atoms with Gasteiger partial charge in [0.15, 0.2) is 11.5 Å². The van der Waals surface area contributed by atoms with Crippen molar-refractivity contribution in [2.75, 3.05) is 27.9 Å². The Labute approximate surface area is 156 Å². The van der Waals surface area contributed by atoms with Crippen molar-refractivity contribution in [2.24, 2.45) is 0 Å². The van der Waals surface area contributed by atoms with Crippen molar-refractivity contribution >= 4 is 26.0 Å². The number of benzene rings is 2. The standard InChI is InChI=1S/C17H20BrNO5S/c1-22-15-6-4-13(18)10-12(15)8-9-19-25(20,21)14-5-7-16(23-2)17(11-14)24-3/h4-7,10-11,19H,8-9H2,1-3H3. The minimum Gasteiger partial charge on any atom is -0.496 e. The molecule has 0 atom stereocenters. The molecule has 1 N–H and O–H groups in total. The van der Waals surface area contributed by atoms with Crippen molar-refractivity contribution < 1.29 is 22.6 Å². The molecule has 0 amide bonds. The van der Waals surface area contributed by atoms with E-state index in [0.717, 1.165) is 10.0 Å². The molecule has 0 aromatic heterocycles. The lowest BCUT2D eigenvalue weighted by atomic mass is 10.1. The summed E-state index contributed by atoms with van der Waals surface area (Å²) in [4.78, 5) is 0.117. The number of methoxy groups -OCH3 is 3. The second-order valence-electron chi connectivity index (χ2n) is 5.12. The average Bonchev–Trinajstić information content (AvgIpc) is 2.61. The van der Waals surface area contributed by atoms with Gasteiger partial charge < -0.3 is 14.2 Å². The maximum absolute atomic E-state index is 12.5. The molecule has 8 heteroatoms. The van der Waals surface area contributed by atoms with Gasteiger partial charge in [-0.3, -0.25) is 0 Å². The summed E-state index contributed by atoms with van der Waals surface area (Å²) in [5.41, 5.74) is 0.909. The van der Waals surface area contributed by atoms with Crippen LogP contribution in [0.2, 0.25) is 0 Å². The van der Waals surface area contributed by atoms with Gasteiger partial charge in [-0.2, -0.15) is 0 Å². The molecule has 25 heavy (non-hydrogen) atoms. The first-order chi connectivity index (χ1) is 11.9. The van der Waals surface area contributed by atoms with E-state index in [4.69, 9.17) is 14.2 Å². The summed E-state index contributed by atoms with van der Waals surface area (Å²) < 4.78 is 44.0. The fraction of sp³-hybridized carbons (Fsp3) is 0.294. The second-order valence-corrected chi connectivity index (χ2v) is 7.80. The molecule has 0 fully saturated rings. The van der Waals surface area contributed by atoms with Crippen LogP contribution in [-0.4, -0.2) is 36.3 Å². The summed E-state index contributed by atoms with van der Waals surface area (Å²) in [7, 11) is 0.883. The fourth-order valence-electron chi connectivity index (χ4n) is 2.33. The SMILES string of the molecule is COc1ccc(Br)cc1CCNS(=O)(=O)c1ccc(OC)c(OC)c1. The van der Waals surface area contributed by atoms with Crippen LogP contribution < -0.4 is 18.9 Å². The molecule has 0 aliphatic carbocycles. The van der Waals surface area contributed by atoms with Crippen LogP contribution in [0.25, 0.3) is 0 Å². The van der Waals surface area contributed by atoms with Crippen molar-refractivity contribution in [3.8, 4) is 17.2 Å². The van der Waals surface area contributed by atoms with E-state index in [1.165, 1.54) is 26.4 Å². The molecule has 0 saturated carbocycles. The van der Waals surface area contributed by atoms with E-state index >= 15 is 0 Å². The zero-order valence-corrected chi connectivity index (χ0v) is 16.6. The van der Waals surface area contributed by atoms with E-state index < -0.39 is 10.0 Å². The normalized spacial score (nSPS) is 11.2. The molecule has 2 rings (SSSR count). The summed E-state index contributed by atoms with van der Waals surface area (Å²) in [5, 5.41) is 0. The quantitative estimate of drug-likeness (QED) is 0.697. The predicted octanol–water partition coefficient (Wildman–Crippen LogP) is 3.00. The zero-order valence-electron chi connectivity index (χ0n) is 14.2. The smallest absolute Gasteiger partial charge is 0.240 e. The first-order valence-corrected chi connectivity index (χ1v) is 9.73. The third kappa shape index (κ3) is 4.87. The molecular weight excluding hydrogens is 410 g/mol. The minimum absolute atomic E-state index is 0.117. The fourth-order valence-corrected chi connectivity index (χ4v) is 3.78. The molecule has 0 radical (unpaired) electrons. The van der Waals surface area contributed by atoms with Crippen molar-refractivity contribution in [1.29, 1.82) is 0 Å². The molecule has 0 saturated heterocycles. The lowest BCUT2D eigenvalue weighted by molar-refractivity contribution is 0.354. The molecule has 2 aromatic carbocycles. The Bertz CT molecular complexity index is 839. The molecule has 6 nitrogen and oxygen atoms in total.